The normalized spacial score (nSPS) is 13.1. The molecule has 1 aromatic heterocycles. The van der Waals surface area contributed by atoms with Crippen LogP contribution in [0.2, 0.25) is 0 Å². The molecule has 3 nitrogen and oxygen atoms in total. The van der Waals surface area contributed by atoms with Crippen molar-refractivity contribution in [2.75, 3.05) is 25.9 Å². The molecule has 0 aliphatic carbocycles. The van der Waals surface area contributed by atoms with Gasteiger partial charge < -0.3 is 14.6 Å². The van der Waals surface area contributed by atoms with Crippen molar-refractivity contribution in [3.63, 3.8) is 0 Å². The van der Waals surface area contributed by atoms with Crippen molar-refractivity contribution in [1.82, 2.24) is 10.2 Å². The SMILES string of the molecule is CCN(CC)CCCC(C)NCc1ccc(CSC)o1. The summed E-state index contributed by atoms with van der Waals surface area (Å²) < 4.78 is 5.76. The Bertz CT molecular complexity index is 350. The molecule has 0 aliphatic heterocycles. The molecule has 0 radical (unpaired) electrons. The highest BCUT2D eigenvalue weighted by Gasteiger charge is 2.06. The van der Waals surface area contributed by atoms with E-state index in [-0.39, 0.29) is 0 Å². The lowest BCUT2D eigenvalue weighted by Gasteiger charge is -2.19. The average molecular weight is 298 g/mol. The number of furan rings is 1. The molecule has 0 aliphatic rings. The number of nitrogens with one attached hydrogen (secondary N) is 1. The summed E-state index contributed by atoms with van der Waals surface area (Å²) >= 11 is 1.79. The fraction of sp³-hybridized carbons (Fsp3) is 0.750. The van der Waals surface area contributed by atoms with Crippen LogP contribution in [0.15, 0.2) is 16.5 Å². The van der Waals surface area contributed by atoms with Gasteiger partial charge in [0.25, 0.3) is 0 Å². The van der Waals surface area contributed by atoms with E-state index in [1.54, 1.807) is 11.8 Å². The largest absolute Gasteiger partial charge is 0.464 e. The molecule has 0 aromatic carbocycles. The first-order valence-electron chi connectivity index (χ1n) is 7.71. The second-order valence-electron chi connectivity index (χ2n) is 5.25. The zero-order valence-electron chi connectivity index (χ0n) is 13.4. The maximum Gasteiger partial charge on any atom is 0.118 e. The topological polar surface area (TPSA) is 28.4 Å². The summed E-state index contributed by atoms with van der Waals surface area (Å²) in [4.78, 5) is 2.48. The van der Waals surface area contributed by atoms with Crippen molar-refractivity contribution >= 4 is 11.8 Å². The van der Waals surface area contributed by atoms with Gasteiger partial charge in [-0.1, -0.05) is 13.8 Å². The maximum absolute atomic E-state index is 5.76. The minimum Gasteiger partial charge on any atom is -0.464 e. The van der Waals surface area contributed by atoms with E-state index in [4.69, 9.17) is 4.42 Å². The predicted octanol–water partition coefficient (Wildman–Crippen LogP) is 3.74. The van der Waals surface area contributed by atoms with Crippen molar-refractivity contribution in [3.05, 3.63) is 23.7 Å². The van der Waals surface area contributed by atoms with Gasteiger partial charge in [0.1, 0.15) is 11.5 Å². The number of rotatable bonds is 11. The summed E-state index contributed by atoms with van der Waals surface area (Å²) in [6.07, 6.45) is 4.57. The number of hydrogen-bond acceptors (Lipinski definition) is 4. The molecule has 1 unspecified atom stereocenters. The summed E-state index contributed by atoms with van der Waals surface area (Å²) in [6.45, 7) is 11.1. The van der Waals surface area contributed by atoms with Gasteiger partial charge in [0.05, 0.1) is 12.3 Å². The van der Waals surface area contributed by atoms with Gasteiger partial charge >= 0.3 is 0 Å². The van der Waals surface area contributed by atoms with Crippen LogP contribution in [0.1, 0.15) is 45.1 Å². The fourth-order valence-corrected chi connectivity index (χ4v) is 2.71. The lowest BCUT2D eigenvalue weighted by atomic mass is 10.1. The van der Waals surface area contributed by atoms with Crippen LogP contribution in [0, 0.1) is 0 Å². The highest BCUT2D eigenvalue weighted by Crippen LogP contribution is 2.13. The molecule has 4 heteroatoms. The Morgan fingerprint density at radius 3 is 2.60 bits per heavy atom. The summed E-state index contributed by atoms with van der Waals surface area (Å²) in [7, 11) is 0. The second-order valence-corrected chi connectivity index (χ2v) is 6.12. The molecule has 0 fully saturated rings. The summed E-state index contributed by atoms with van der Waals surface area (Å²) in [5.41, 5.74) is 0. The van der Waals surface area contributed by atoms with Crippen LogP contribution in [0.25, 0.3) is 0 Å². The molecular weight excluding hydrogens is 268 g/mol. The average Bonchev–Trinajstić information content (AvgIpc) is 2.89. The van der Waals surface area contributed by atoms with Gasteiger partial charge in [0.15, 0.2) is 0 Å². The zero-order valence-corrected chi connectivity index (χ0v) is 14.3. The second kappa shape index (κ2) is 10.3. The number of hydrogen-bond donors (Lipinski definition) is 1. The molecule has 0 saturated carbocycles. The van der Waals surface area contributed by atoms with Crippen LogP contribution in [0.3, 0.4) is 0 Å². The molecule has 1 aromatic rings. The Labute approximate surface area is 128 Å². The first-order chi connectivity index (χ1) is 9.69. The van der Waals surface area contributed by atoms with E-state index in [0.717, 1.165) is 36.9 Å². The molecule has 0 amide bonds. The van der Waals surface area contributed by atoms with E-state index >= 15 is 0 Å². The van der Waals surface area contributed by atoms with Crippen molar-refractivity contribution < 1.29 is 4.42 Å². The molecule has 1 rings (SSSR count). The van der Waals surface area contributed by atoms with Crippen LogP contribution < -0.4 is 5.32 Å². The summed E-state index contributed by atoms with van der Waals surface area (Å²) in [6, 6.07) is 4.71. The highest BCUT2D eigenvalue weighted by molar-refractivity contribution is 7.97. The molecule has 0 spiro atoms. The van der Waals surface area contributed by atoms with Crippen LogP contribution >= 0.6 is 11.8 Å². The van der Waals surface area contributed by atoms with Crippen LogP contribution in [-0.2, 0) is 12.3 Å². The Hall–Kier alpha value is -0.450. The monoisotopic (exact) mass is 298 g/mol. The molecule has 0 bridgehead atoms. The Kier molecular flexibility index (Phi) is 9.07. The zero-order chi connectivity index (χ0) is 14.8. The van der Waals surface area contributed by atoms with Gasteiger partial charge in [0, 0.05) is 6.04 Å². The van der Waals surface area contributed by atoms with Gasteiger partial charge in [-0.05, 0) is 57.8 Å². The van der Waals surface area contributed by atoms with Crippen LogP contribution in [0.5, 0.6) is 0 Å². The first-order valence-corrected chi connectivity index (χ1v) is 9.11. The number of thioether (sulfide) groups is 1. The quantitative estimate of drug-likeness (QED) is 0.673. The van der Waals surface area contributed by atoms with Gasteiger partial charge in [-0.2, -0.15) is 11.8 Å². The van der Waals surface area contributed by atoms with Gasteiger partial charge in [-0.25, -0.2) is 0 Å². The molecule has 1 atom stereocenters. The van der Waals surface area contributed by atoms with Gasteiger partial charge in [-0.3, -0.25) is 0 Å². The molecule has 1 heterocycles. The Balaban J connectivity index is 2.17. The summed E-state index contributed by atoms with van der Waals surface area (Å²) in [5.74, 6) is 3.08. The number of nitrogens with zero attached hydrogens (tertiary/aromatic N) is 1. The van der Waals surface area contributed by atoms with E-state index in [2.05, 4.69) is 49.4 Å². The van der Waals surface area contributed by atoms with E-state index in [1.807, 2.05) is 0 Å². The van der Waals surface area contributed by atoms with Gasteiger partial charge in [-0.15, -0.1) is 0 Å². The third-order valence-electron chi connectivity index (χ3n) is 3.63. The molecule has 1 N–H and O–H groups in total. The predicted molar refractivity (Wildman–Crippen MR) is 89.3 cm³/mol. The smallest absolute Gasteiger partial charge is 0.118 e. The van der Waals surface area contributed by atoms with Crippen LogP contribution in [-0.4, -0.2) is 36.8 Å². The van der Waals surface area contributed by atoms with E-state index < -0.39 is 0 Å². The lowest BCUT2D eigenvalue weighted by molar-refractivity contribution is 0.289. The molecule has 20 heavy (non-hydrogen) atoms. The van der Waals surface area contributed by atoms with Crippen molar-refractivity contribution in [2.45, 2.75) is 52.0 Å². The van der Waals surface area contributed by atoms with E-state index in [9.17, 15) is 0 Å². The van der Waals surface area contributed by atoms with E-state index in [1.165, 1.54) is 19.4 Å². The molecular formula is C16H30N2OS. The Morgan fingerprint density at radius 1 is 1.25 bits per heavy atom. The standard InChI is InChI=1S/C16H30N2OS/c1-5-18(6-2)11-7-8-14(3)17-12-15-9-10-16(19-15)13-20-4/h9-10,14,17H,5-8,11-13H2,1-4H3. The molecule has 0 saturated heterocycles. The van der Waals surface area contributed by atoms with Gasteiger partial charge in [0.2, 0.25) is 0 Å². The van der Waals surface area contributed by atoms with Crippen molar-refractivity contribution in [3.8, 4) is 0 Å². The minimum absolute atomic E-state index is 0.541. The van der Waals surface area contributed by atoms with Crippen molar-refractivity contribution in [1.29, 1.82) is 0 Å². The lowest BCUT2D eigenvalue weighted by Crippen LogP contribution is -2.28. The highest BCUT2D eigenvalue weighted by atomic mass is 32.2. The maximum atomic E-state index is 5.76. The summed E-state index contributed by atoms with van der Waals surface area (Å²) in [5, 5.41) is 3.55. The van der Waals surface area contributed by atoms with Crippen LogP contribution in [0.4, 0.5) is 0 Å². The fourth-order valence-electron chi connectivity index (χ4n) is 2.27. The van der Waals surface area contributed by atoms with E-state index in [0.29, 0.717) is 6.04 Å². The molecule has 116 valence electrons. The minimum atomic E-state index is 0.541. The third kappa shape index (κ3) is 6.82. The first kappa shape index (κ1) is 17.6. The third-order valence-corrected chi connectivity index (χ3v) is 4.21. The van der Waals surface area contributed by atoms with Crippen molar-refractivity contribution in [2.24, 2.45) is 0 Å². The Morgan fingerprint density at radius 2 is 1.95 bits per heavy atom.